The van der Waals surface area contributed by atoms with Crippen LogP contribution in [0.1, 0.15) is 38.5 Å². The molecule has 90 valence electrons. The van der Waals surface area contributed by atoms with Gasteiger partial charge in [-0.3, -0.25) is 4.79 Å². The van der Waals surface area contributed by atoms with Crippen molar-refractivity contribution in [2.45, 2.75) is 44.1 Å². The summed E-state index contributed by atoms with van der Waals surface area (Å²) < 4.78 is 0. The topological polar surface area (TPSA) is 92.4 Å². The van der Waals surface area contributed by atoms with Gasteiger partial charge in [0.05, 0.1) is 0 Å². The van der Waals surface area contributed by atoms with E-state index in [9.17, 15) is 9.59 Å². The van der Waals surface area contributed by atoms with Crippen molar-refractivity contribution in [1.29, 1.82) is 0 Å². The Kier molecular flexibility index (Phi) is 2.66. The molecule has 0 saturated heterocycles. The maximum atomic E-state index is 11.7. The number of aliphatic carboxylic acids is 1. The number of carboxylic acids is 1. The molecule has 16 heavy (non-hydrogen) atoms. The molecule has 0 bridgehead atoms. The van der Waals surface area contributed by atoms with E-state index in [-0.39, 0.29) is 11.3 Å². The number of amides is 1. The average molecular weight is 226 g/mol. The molecule has 2 aliphatic carbocycles. The highest BCUT2D eigenvalue weighted by Crippen LogP contribution is 2.43. The van der Waals surface area contributed by atoms with Crippen molar-refractivity contribution in [3.63, 3.8) is 0 Å². The van der Waals surface area contributed by atoms with Crippen LogP contribution in [0.3, 0.4) is 0 Å². The summed E-state index contributed by atoms with van der Waals surface area (Å²) in [5.41, 5.74) is 4.64. The second-order valence-electron chi connectivity index (χ2n) is 5.17. The Balaban J connectivity index is 1.87. The van der Waals surface area contributed by atoms with Crippen LogP contribution in [-0.4, -0.2) is 29.1 Å². The number of hydrogen-bond acceptors (Lipinski definition) is 3. The van der Waals surface area contributed by atoms with Gasteiger partial charge in [0.2, 0.25) is 5.91 Å². The predicted molar refractivity (Wildman–Crippen MR) is 57.7 cm³/mol. The number of carbonyl (C=O) groups excluding carboxylic acids is 1. The standard InChI is InChI=1S/C11H18N2O3/c12-7-10(2-1-3-10)6-8(14)13-11(4-5-11)9(15)16/h1-7,12H2,(H,13,14)(H,15,16). The van der Waals surface area contributed by atoms with Gasteiger partial charge in [0.1, 0.15) is 5.54 Å². The van der Waals surface area contributed by atoms with Crippen molar-refractivity contribution in [2.75, 3.05) is 6.54 Å². The number of carboxylic acid groups (broad SMARTS) is 1. The number of nitrogens with one attached hydrogen (secondary N) is 1. The van der Waals surface area contributed by atoms with Crippen LogP contribution in [0, 0.1) is 5.41 Å². The van der Waals surface area contributed by atoms with Gasteiger partial charge in [-0.05, 0) is 37.6 Å². The fraction of sp³-hybridized carbons (Fsp3) is 0.818. The molecular formula is C11H18N2O3. The van der Waals surface area contributed by atoms with E-state index in [0.29, 0.717) is 25.8 Å². The molecule has 2 saturated carbocycles. The zero-order valence-corrected chi connectivity index (χ0v) is 9.29. The molecule has 4 N–H and O–H groups in total. The molecule has 2 rings (SSSR count). The largest absolute Gasteiger partial charge is 0.480 e. The summed E-state index contributed by atoms with van der Waals surface area (Å²) in [5.74, 6) is -1.08. The zero-order valence-electron chi connectivity index (χ0n) is 9.29. The minimum absolute atomic E-state index is 0.0569. The lowest BCUT2D eigenvalue weighted by molar-refractivity contribution is -0.143. The van der Waals surface area contributed by atoms with Crippen LogP contribution in [0.2, 0.25) is 0 Å². The van der Waals surface area contributed by atoms with E-state index in [0.717, 1.165) is 19.3 Å². The summed E-state index contributed by atoms with van der Waals surface area (Å²) in [7, 11) is 0. The molecule has 0 aliphatic heterocycles. The number of rotatable bonds is 5. The van der Waals surface area contributed by atoms with Crippen molar-refractivity contribution >= 4 is 11.9 Å². The molecule has 0 radical (unpaired) electrons. The molecule has 5 nitrogen and oxygen atoms in total. The molecule has 0 spiro atoms. The van der Waals surface area contributed by atoms with E-state index >= 15 is 0 Å². The smallest absolute Gasteiger partial charge is 0.329 e. The molecule has 2 aliphatic rings. The Morgan fingerprint density at radius 3 is 2.19 bits per heavy atom. The molecule has 5 heteroatoms. The first kappa shape index (κ1) is 11.4. The minimum atomic E-state index is -0.962. The van der Waals surface area contributed by atoms with Gasteiger partial charge in [0.15, 0.2) is 0 Å². The summed E-state index contributed by atoms with van der Waals surface area (Å²) >= 11 is 0. The van der Waals surface area contributed by atoms with E-state index in [4.69, 9.17) is 10.8 Å². The lowest BCUT2D eigenvalue weighted by Crippen LogP contribution is -2.47. The van der Waals surface area contributed by atoms with E-state index in [1.807, 2.05) is 0 Å². The Labute approximate surface area is 94.4 Å². The van der Waals surface area contributed by atoms with Gasteiger partial charge < -0.3 is 16.2 Å². The first-order valence-corrected chi connectivity index (χ1v) is 5.76. The van der Waals surface area contributed by atoms with Crippen LogP contribution in [0.5, 0.6) is 0 Å². The van der Waals surface area contributed by atoms with Crippen molar-refractivity contribution in [1.82, 2.24) is 5.32 Å². The van der Waals surface area contributed by atoms with Gasteiger partial charge in [-0.25, -0.2) is 4.79 Å². The van der Waals surface area contributed by atoms with E-state index < -0.39 is 11.5 Å². The Morgan fingerprint density at radius 1 is 1.25 bits per heavy atom. The minimum Gasteiger partial charge on any atom is -0.480 e. The van der Waals surface area contributed by atoms with Gasteiger partial charge in [0.25, 0.3) is 0 Å². The Morgan fingerprint density at radius 2 is 1.88 bits per heavy atom. The van der Waals surface area contributed by atoms with Gasteiger partial charge in [-0.15, -0.1) is 0 Å². The summed E-state index contributed by atoms with van der Waals surface area (Å²) in [6.07, 6.45) is 4.55. The number of carbonyl (C=O) groups is 2. The SMILES string of the molecule is NCC1(CC(=O)NC2(C(=O)O)CC2)CCC1. The molecule has 0 atom stereocenters. The lowest BCUT2D eigenvalue weighted by Gasteiger charge is -2.40. The third-order valence-electron chi connectivity index (χ3n) is 3.92. The summed E-state index contributed by atoms with van der Waals surface area (Å²) in [6.45, 7) is 0.514. The summed E-state index contributed by atoms with van der Waals surface area (Å²) in [5, 5.41) is 11.6. The zero-order chi connectivity index (χ0) is 11.8. The quantitative estimate of drug-likeness (QED) is 0.626. The predicted octanol–water partition coefficient (Wildman–Crippen LogP) is 0.239. The molecule has 1 amide bonds. The first-order chi connectivity index (χ1) is 7.52. The second kappa shape index (κ2) is 3.73. The molecule has 2 fully saturated rings. The third-order valence-corrected chi connectivity index (χ3v) is 3.92. The van der Waals surface area contributed by atoms with Gasteiger partial charge in [-0.1, -0.05) is 6.42 Å². The lowest BCUT2D eigenvalue weighted by atomic mass is 9.66. The van der Waals surface area contributed by atoms with E-state index in [1.165, 1.54) is 0 Å². The van der Waals surface area contributed by atoms with Crippen LogP contribution < -0.4 is 11.1 Å². The van der Waals surface area contributed by atoms with E-state index in [1.54, 1.807) is 0 Å². The Bertz CT molecular complexity index is 314. The van der Waals surface area contributed by atoms with E-state index in [2.05, 4.69) is 5.32 Å². The monoisotopic (exact) mass is 226 g/mol. The average Bonchev–Trinajstić information content (AvgIpc) is 2.92. The van der Waals surface area contributed by atoms with Gasteiger partial charge in [-0.2, -0.15) is 0 Å². The molecule has 0 aromatic carbocycles. The third kappa shape index (κ3) is 1.91. The molecule has 0 aromatic heterocycles. The van der Waals surface area contributed by atoms with Gasteiger partial charge >= 0.3 is 5.97 Å². The van der Waals surface area contributed by atoms with Crippen molar-refractivity contribution in [3.05, 3.63) is 0 Å². The van der Waals surface area contributed by atoms with Gasteiger partial charge in [0, 0.05) is 6.42 Å². The maximum absolute atomic E-state index is 11.7. The van der Waals surface area contributed by atoms with Crippen LogP contribution in [-0.2, 0) is 9.59 Å². The van der Waals surface area contributed by atoms with Crippen LogP contribution in [0.25, 0.3) is 0 Å². The molecule has 0 aromatic rings. The molecule has 0 unspecified atom stereocenters. The van der Waals surface area contributed by atoms with Crippen molar-refractivity contribution in [2.24, 2.45) is 11.1 Å². The number of hydrogen-bond donors (Lipinski definition) is 3. The fourth-order valence-corrected chi connectivity index (χ4v) is 2.30. The van der Waals surface area contributed by atoms with Crippen molar-refractivity contribution in [3.8, 4) is 0 Å². The fourth-order valence-electron chi connectivity index (χ4n) is 2.30. The highest BCUT2D eigenvalue weighted by molar-refractivity contribution is 5.89. The number of nitrogens with two attached hydrogens (primary N) is 1. The second-order valence-corrected chi connectivity index (χ2v) is 5.17. The summed E-state index contributed by atoms with van der Waals surface area (Å²) in [6, 6.07) is 0. The Hall–Kier alpha value is -1.10. The maximum Gasteiger partial charge on any atom is 0.329 e. The summed E-state index contributed by atoms with van der Waals surface area (Å²) in [4.78, 5) is 22.6. The molecular weight excluding hydrogens is 208 g/mol. The van der Waals surface area contributed by atoms with Crippen LogP contribution in [0.15, 0.2) is 0 Å². The normalized spacial score (nSPS) is 24.3. The van der Waals surface area contributed by atoms with Crippen molar-refractivity contribution < 1.29 is 14.7 Å². The van der Waals surface area contributed by atoms with Crippen LogP contribution >= 0.6 is 0 Å². The first-order valence-electron chi connectivity index (χ1n) is 5.76. The highest BCUT2D eigenvalue weighted by Gasteiger charge is 2.52. The van der Waals surface area contributed by atoms with Crippen LogP contribution in [0.4, 0.5) is 0 Å². The highest BCUT2D eigenvalue weighted by atomic mass is 16.4. The molecule has 0 heterocycles.